The number of ether oxygens (including phenoxy) is 2. The maximum atomic E-state index is 14.3. The highest BCUT2D eigenvalue weighted by atomic mass is 16.5. The number of aromatic nitrogens is 2. The van der Waals surface area contributed by atoms with Gasteiger partial charge in [-0.3, -0.25) is 9.59 Å². The van der Waals surface area contributed by atoms with E-state index < -0.39 is 17.4 Å². The van der Waals surface area contributed by atoms with Crippen LogP contribution in [0.3, 0.4) is 0 Å². The van der Waals surface area contributed by atoms with E-state index in [1.54, 1.807) is 43.0 Å². The fourth-order valence-electron chi connectivity index (χ4n) is 8.90. The molecule has 3 N–H and O–H groups in total. The zero-order valence-corrected chi connectivity index (χ0v) is 29.4. The molecule has 3 aromatic rings. The Morgan fingerprint density at radius 2 is 1.63 bits per heavy atom. The normalized spacial score (nSPS) is 23.8. The van der Waals surface area contributed by atoms with Gasteiger partial charge in [0.1, 0.15) is 17.0 Å². The van der Waals surface area contributed by atoms with Crippen molar-refractivity contribution in [2.45, 2.75) is 63.8 Å². The second-order valence-corrected chi connectivity index (χ2v) is 14.4. The van der Waals surface area contributed by atoms with Crippen LogP contribution in [0.1, 0.15) is 84.7 Å². The number of benzene rings is 2. The Bertz CT molecular complexity index is 1680. The molecule has 4 aliphatic carbocycles. The van der Waals surface area contributed by atoms with Gasteiger partial charge in [0.15, 0.2) is 5.69 Å². The average Bonchev–Trinajstić information content (AvgIpc) is 3.53. The van der Waals surface area contributed by atoms with Crippen LogP contribution >= 0.6 is 0 Å². The van der Waals surface area contributed by atoms with E-state index >= 15 is 0 Å². The van der Waals surface area contributed by atoms with Crippen molar-refractivity contribution in [3.05, 3.63) is 59.3 Å². The molecule has 7 rings (SSSR count). The molecule has 11 nitrogen and oxygen atoms in total. The molecular weight excluding hydrogens is 622 g/mol. The first-order valence-electron chi connectivity index (χ1n) is 17.4. The second kappa shape index (κ2) is 13.9. The van der Waals surface area contributed by atoms with E-state index in [0.717, 1.165) is 44.2 Å². The Hall–Kier alpha value is -4.38. The Morgan fingerprint density at radius 3 is 2.18 bits per heavy atom. The van der Waals surface area contributed by atoms with Crippen LogP contribution in [-0.2, 0) is 4.79 Å². The SMILES string of the molecule is CNCCCN(C)C(=O)c1ccc(-n2nc(C(=O)NC3(C(=O)O)C4CC5CC(C4)CC3C5)cc2-c2c(OC)cccc2OC)c(C(C)C)c1. The molecule has 11 heteroatoms. The summed E-state index contributed by atoms with van der Waals surface area (Å²) >= 11 is 0. The summed E-state index contributed by atoms with van der Waals surface area (Å²) in [5, 5.41) is 21.8. The molecule has 1 heterocycles. The summed E-state index contributed by atoms with van der Waals surface area (Å²) in [6.07, 6.45) is 5.30. The number of nitrogens with one attached hydrogen (secondary N) is 2. The van der Waals surface area contributed by atoms with Crippen molar-refractivity contribution in [2.75, 3.05) is 41.4 Å². The lowest BCUT2D eigenvalue weighted by Gasteiger charge is -2.59. The number of carboxylic acid groups (broad SMARTS) is 1. The molecular formula is C38H49N5O6. The molecule has 4 aliphatic rings. The van der Waals surface area contributed by atoms with Crippen LogP contribution in [0.2, 0.25) is 0 Å². The minimum absolute atomic E-state index is 0.00503. The summed E-state index contributed by atoms with van der Waals surface area (Å²) in [4.78, 5) is 42.5. The van der Waals surface area contributed by atoms with Crippen molar-refractivity contribution in [1.82, 2.24) is 25.3 Å². The number of carboxylic acids is 1. The number of hydrogen-bond acceptors (Lipinski definition) is 7. The molecule has 0 aliphatic heterocycles. The monoisotopic (exact) mass is 671 g/mol. The van der Waals surface area contributed by atoms with Crippen LogP contribution in [-0.4, -0.2) is 84.5 Å². The number of carbonyl (C=O) groups is 3. The maximum Gasteiger partial charge on any atom is 0.330 e. The summed E-state index contributed by atoms with van der Waals surface area (Å²) in [5.74, 6) is 0.351. The maximum absolute atomic E-state index is 14.3. The molecule has 4 bridgehead atoms. The standard InChI is InChI=1S/C38H49N5O6/c1-22(2)28-20-25(36(45)42(4)14-8-13-39-3)11-12-30(28)43-31(34-32(48-5)9-7-10-33(34)49-6)21-29(41-43)35(44)40-38(37(46)47)26-16-23-15-24(18-26)19-27(38)17-23/h7,9-12,20-24,26-27,39H,8,13-19H2,1-6H3,(H,40,44)(H,46,47). The highest BCUT2D eigenvalue weighted by molar-refractivity contribution is 5.98. The first-order valence-corrected chi connectivity index (χ1v) is 17.4. The number of amides is 2. The predicted octanol–water partition coefficient (Wildman–Crippen LogP) is 5.37. The largest absolute Gasteiger partial charge is 0.496 e. The summed E-state index contributed by atoms with van der Waals surface area (Å²) in [5.41, 5.74) is 2.03. The van der Waals surface area contributed by atoms with Gasteiger partial charge in [-0.25, -0.2) is 9.48 Å². The molecule has 4 saturated carbocycles. The Labute approximate surface area is 288 Å². The van der Waals surface area contributed by atoms with Crippen LogP contribution < -0.4 is 20.1 Å². The molecule has 262 valence electrons. The van der Waals surface area contributed by atoms with Gasteiger partial charge >= 0.3 is 5.97 Å². The molecule has 4 fully saturated rings. The van der Waals surface area contributed by atoms with Gasteiger partial charge in [-0.05, 0) is 124 Å². The van der Waals surface area contributed by atoms with Crippen molar-refractivity contribution >= 4 is 17.8 Å². The van der Waals surface area contributed by atoms with Crippen LogP contribution in [0.15, 0.2) is 42.5 Å². The molecule has 0 radical (unpaired) electrons. The minimum Gasteiger partial charge on any atom is -0.496 e. The van der Waals surface area contributed by atoms with Gasteiger partial charge in [-0.1, -0.05) is 19.9 Å². The number of hydrogen-bond donors (Lipinski definition) is 3. The van der Waals surface area contributed by atoms with Crippen molar-refractivity contribution < 1.29 is 29.0 Å². The minimum atomic E-state index is -1.32. The van der Waals surface area contributed by atoms with Crippen LogP contribution in [0.25, 0.3) is 16.9 Å². The summed E-state index contributed by atoms with van der Waals surface area (Å²) in [6.45, 7) is 5.53. The van der Waals surface area contributed by atoms with E-state index in [1.807, 2.05) is 51.2 Å². The van der Waals surface area contributed by atoms with Crippen molar-refractivity contribution in [1.29, 1.82) is 0 Å². The van der Waals surface area contributed by atoms with Crippen LogP contribution in [0.5, 0.6) is 11.5 Å². The third kappa shape index (κ3) is 6.17. The van der Waals surface area contributed by atoms with Gasteiger partial charge in [0.2, 0.25) is 0 Å². The zero-order chi connectivity index (χ0) is 35.0. The lowest BCUT2D eigenvalue weighted by Crippen LogP contribution is -2.70. The second-order valence-electron chi connectivity index (χ2n) is 14.4. The Kier molecular flexibility index (Phi) is 9.75. The van der Waals surface area contributed by atoms with Crippen molar-refractivity contribution in [2.24, 2.45) is 23.7 Å². The first-order chi connectivity index (χ1) is 23.5. The summed E-state index contributed by atoms with van der Waals surface area (Å²) < 4.78 is 13.2. The van der Waals surface area contributed by atoms with E-state index in [1.165, 1.54) is 6.42 Å². The number of methoxy groups -OCH3 is 2. The Morgan fingerprint density at radius 1 is 1.00 bits per heavy atom. The zero-order valence-electron chi connectivity index (χ0n) is 29.4. The smallest absolute Gasteiger partial charge is 0.330 e. The molecule has 0 atom stereocenters. The van der Waals surface area contributed by atoms with Crippen molar-refractivity contribution in [3.63, 3.8) is 0 Å². The lowest BCUT2D eigenvalue weighted by atomic mass is 9.48. The van der Waals surface area contributed by atoms with Crippen LogP contribution in [0.4, 0.5) is 0 Å². The number of aliphatic carboxylic acids is 1. The van der Waals surface area contributed by atoms with Gasteiger partial charge in [-0.15, -0.1) is 0 Å². The lowest BCUT2D eigenvalue weighted by molar-refractivity contribution is -0.163. The molecule has 2 aromatic carbocycles. The number of nitrogens with zero attached hydrogens (tertiary/aromatic N) is 3. The predicted molar refractivity (Wildman–Crippen MR) is 187 cm³/mol. The average molecular weight is 672 g/mol. The van der Waals surface area contributed by atoms with E-state index in [2.05, 4.69) is 10.6 Å². The molecule has 2 amide bonds. The van der Waals surface area contributed by atoms with E-state index in [-0.39, 0.29) is 29.4 Å². The van der Waals surface area contributed by atoms with E-state index in [0.29, 0.717) is 52.4 Å². The van der Waals surface area contributed by atoms with Crippen LogP contribution in [0, 0.1) is 23.7 Å². The van der Waals surface area contributed by atoms with E-state index in [4.69, 9.17) is 14.6 Å². The third-order valence-corrected chi connectivity index (χ3v) is 11.1. The highest BCUT2D eigenvalue weighted by Crippen LogP contribution is 2.58. The summed E-state index contributed by atoms with van der Waals surface area (Å²) in [6, 6.07) is 12.7. The molecule has 1 aromatic heterocycles. The Balaban J connectivity index is 1.45. The third-order valence-electron chi connectivity index (χ3n) is 11.1. The summed E-state index contributed by atoms with van der Waals surface area (Å²) in [7, 11) is 6.84. The number of carbonyl (C=O) groups excluding carboxylic acids is 2. The molecule has 0 unspecified atom stereocenters. The fourth-order valence-corrected chi connectivity index (χ4v) is 8.90. The van der Waals surface area contributed by atoms with Gasteiger partial charge in [0.05, 0.1) is 31.2 Å². The topological polar surface area (TPSA) is 135 Å². The first kappa shape index (κ1) is 34.5. The molecule has 0 spiro atoms. The highest BCUT2D eigenvalue weighted by Gasteiger charge is 2.62. The van der Waals surface area contributed by atoms with E-state index in [9.17, 15) is 19.5 Å². The van der Waals surface area contributed by atoms with Crippen molar-refractivity contribution in [3.8, 4) is 28.4 Å². The molecule has 0 saturated heterocycles. The number of rotatable bonds is 13. The quantitative estimate of drug-likeness (QED) is 0.207. The fraction of sp³-hybridized carbons (Fsp3) is 0.526. The van der Waals surface area contributed by atoms with Gasteiger partial charge in [0.25, 0.3) is 11.8 Å². The van der Waals surface area contributed by atoms with Gasteiger partial charge in [0, 0.05) is 19.2 Å². The van der Waals surface area contributed by atoms with Gasteiger partial charge in [-0.2, -0.15) is 5.10 Å². The molecule has 49 heavy (non-hydrogen) atoms. The van der Waals surface area contributed by atoms with Gasteiger partial charge < -0.3 is 30.1 Å².